The Morgan fingerprint density at radius 3 is 2.50 bits per heavy atom. The molecular weight excluding hydrogens is 264 g/mol. The predicted molar refractivity (Wildman–Crippen MR) is 70.5 cm³/mol. The zero-order chi connectivity index (χ0) is 14.6. The Morgan fingerprint density at radius 2 is 1.90 bits per heavy atom. The van der Waals surface area contributed by atoms with Crippen LogP contribution in [0.2, 0.25) is 0 Å². The fourth-order valence-electron chi connectivity index (χ4n) is 1.33. The van der Waals surface area contributed by atoms with E-state index in [1.165, 1.54) is 10.7 Å². The monoisotopic (exact) mass is 282 g/mol. The maximum atomic E-state index is 10.6. The summed E-state index contributed by atoms with van der Waals surface area (Å²) in [5.41, 5.74) is 0.0281. The summed E-state index contributed by atoms with van der Waals surface area (Å²) >= 11 is 0. The first kappa shape index (κ1) is 16.2. The Labute approximate surface area is 117 Å². The molecule has 20 heavy (non-hydrogen) atoms. The third-order valence-electron chi connectivity index (χ3n) is 2.25. The lowest BCUT2D eigenvalue weighted by atomic mass is 10.5. The van der Waals surface area contributed by atoms with Gasteiger partial charge < -0.3 is 19.3 Å². The zero-order valence-electron chi connectivity index (χ0n) is 11.2. The van der Waals surface area contributed by atoms with Gasteiger partial charge in [-0.25, -0.2) is 4.79 Å². The standard InChI is InChI=1S/C13H18N2O5/c1-2-6-18-8-10-20-11-9-19-7-5-15-4-3-12(14-15)13(16)17/h1,3-4H,5-11H2,(H,16,17). The molecule has 0 aliphatic heterocycles. The van der Waals surface area contributed by atoms with Gasteiger partial charge in [-0.05, 0) is 6.07 Å². The molecule has 0 radical (unpaired) electrons. The first-order valence-corrected chi connectivity index (χ1v) is 6.17. The molecule has 7 heteroatoms. The van der Waals surface area contributed by atoms with Crippen molar-refractivity contribution in [2.75, 3.05) is 39.6 Å². The Kier molecular flexibility index (Phi) is 8.07. The van der Waals surface area contributed by atoms with Crippen molar-refractivity contribution in [3.05, 3.63) is 18.0 Å². The van der Waals surface area contributed by atoms with E-state index in [4.69, 9.17) is 25.7 Å². The van der Waals surface area contributed by atoms with E-state index in [0.29, 0.717) is 46.2 Å². The second kappa shape index (κ2) is 9.97. The van der Waals surface area contributed by atoms with Crippen molar-refractivity contribution in [2.45, 2.75) is 6.54 Å². The van der Waals surface area contributed by atoms with Crippen LogP contribution in [0, 0.1) is 12.3 Å². The van der Waals surface area contributed by atoms with Crippen LogP contribution in [0.3, 0.4) is 0 Å². The van der Waals surface area contributed by atoms with Crippen molar-refractivity contribution in [3.8, 4) is 12.3 Å². The molecule has 0 saturated heterocycles. The quantitative estimate of drug-likeness (QED) is 0.463. The number of hydrogen-bond donors (Lipinski definition) is 1. The van der Waals surface area contributed by atoms with Crippen LogP contribution in [-0.4, -0.2) is 60.5 Å². The highest BCUT2D eigenvalue weighted by Crippen LogP contribution is 1.95. The average Bonchev–Trinajstić information content (AvgIpc) is 2.90. The maximum absolute atomic E-state index is 10.6. The van der Waals surface area contributed by atoms with Gasteiger partial charge >= 0.3 is 5.97 Å². The van der Waals surface area contributed by atoms with Crippen LogP contribution in [0.5, 0.6) is 0 Å². The molecule has 0 aliphatic carbocycles. The van der Waals surface area contributed by atoms with Crippen molar-refractivity contribution in [1.29, 1.82) is 0 Å². The number of nitrogens with zero attached hydrogens (tertiary/aromatic N) is 2. The second-order valence-electron chi connectivity index (χ2n) is 3.75. The molecule has 0 spiro atoms. The number of rotatable bonds is 11. The molecule has 7 nitrogen and oxygen atoms in total. The minimum atomic E-state index is -1.04. The van der Waals surface area contributed by atoms with Crippen molar-refractivity contribution in [3.63, 3.8) is 0 Å². The van der Waals surface area contributed by atoms with E-state index in [1.54, 1.807) is 6.20 Å². The average molecular weight is 282 g/mol. The molecule has 1 heterocycles. The van der Waals surface area contributed by atoms with Crippen LogP contribution in [0.1, 0.15) is 10.5 Å². The number of hydrogen-bond acceptors (Lipinski definition) is 5. The molecule has 1 aromatic heterocycles. The number of aromatic carboxylic acids is 1. The number of carbonyl (C=O) groups is 1. The smallest absolute Gasteiger partial charge is 0.356 e. The minimum Gasteiger partial charge on any atom is -0.476 e. The van der Waals surface area contributed by atoms with E-state index < -0.39 is 5.97 Å². The van der Waals surface area contributed by atoms with Crippen molar-refractivity contribution >= 4 is 5.97 Å². The highest BCUT2D eigenvalue weighted by molar-refractivity contribution is 5.84. The number of ether oxygens (including phenoxy) is 3. The summed E-state index contributed by atoms with van der Waals surface area (Å²) in [6.45, 7) is 3.11. The molecule has 0 aliphatic rings. The lowest BCUT2D eigenvalue weighted by Gasteiger charge is -2.06. The first-order valence-electron chi connectivity index (χ1n) is 6.17. The van der Waals surface area contributed by atoms with Crippen LogP contribution in [-0.2, 0) is 20.8 Å². The van der Waals surface area contributed by atoms with Gasteiger partial charge in [-0.15, -0.1) is 6.42 Å². The maximum Gasteiger partial charge on any atom is 0.356 e. The highest BCUT2D eigenvalue weighted by atomic mass is 16.5. The van der Waals surface area contributed by atoms with E-state index in [2.05, 4.69) is 11.0 Å². The van der Waals surface area contributed by atoms with E-state index in [9.17, 15) is 4.79 Å². The summed E-state index contributed by atoms with van der Waals surface area (Å²) < 4.78 is 17.1. The number of terminal acetylenes is 1. The van der Waals surface area contributed by atoms with Gasteiger partial charge in [0.15, 0.2) is 5.69 Å². The first-order chi connectivity index (χ1) is 9.74. The summed E-state index contributed by atoms with van der Waals surface area (Å²) in [6, 6.07) is 1.45. The van der Waals surface area contributed by atoms with Crippen molar-refractivity contribution < 1.29 is 24.1 Å². The van der Waals surface area contributed by atoms with Gasteiger partial charge in [0.1, 0.15) is 6.61 Å². The normalized spacial score (nSPS) is 10.3. The van der Waals surface area contributed by atoms with Crippen molar-refractivity contribution in [2.24, 2.45) is 0 Å². The summed E-state index contributed by atoms with van der Waals surface area (Å²) in [5, 5.41) is 12.6. The summed E-state index contributed by atoms with van der Waals surface area (Å²) in [4.78, 5) is 10.6. The molecule has 1 rings (SSSR count). The molecular formula is C13H18N2O5. The number of aromatic nitrogens is 2. The molecule has 0 fully saturated rings. The van der Waals surface area contributed by atoms with Crippen LogP contribution < -0.4 is 0 Å². The topological polar surface area (TPSA) is 82.8 Å². The lowest BCUT2D eigenvalue weighted by Crippen LogP contribution is -2.12. The molecule has 1 aromatic rings. The third-order valence-corrected chi connectivity index (χ3v) is 2.25. The van der Waals surface area contributed by atoms with Gasteiger partial charge in [-0.1, -0.05) is 5.92 Å². The van der Waals surface area contributed by atoms with Gasteiger partial charge in [0.05, 0.1) is 39.6 Å². The van der Waals surface area contributed by atoms with Crippen LogP contribution in [0.15, 0.2) is 12.3 Å². The summed E-state index contributed by atoms with van der Waals surface area (Å²) in [7, 11) is 0. The fraction of sp³-hybridized carbons (Fsp3) is 0.538. The van der Waals surface area contributed by atoms with Gasteiger partial charge in [-0.2, -0.15) is 5.10 Å². The minimum absolute atomic E-state index is 0.0281. The molecule has 110 valence electrons. The van der Waals surface area contributed by atoms with E-state index in [0.717, 1.165) is 0 Å². The van der Waals surface area contributed by atoms with Gasteiger partial charge in [0.25, 0.3) is 0 Å². The van der Waals surface area contributed by atoms with Crippen LogP contribution in [0.4, 0.5) is 0 Å². The summed E-state index contributed by atoms with van der Waals surface area (Å²) in [6.07, 6.45) is 6.62. The largest absolute Gasteiger partial charge is 0.476 e. The Morgan fingerprint density at radius 1 is 1.25 bits per heavy atom. The summed E-state index contributed by atoms with van der Waals surface area (Å²) in [5.74, 6) is 1.33. The Hall–Kier alpha value is -1.88. The molecule has 0 saturated carbocycles. The Balaban J connectivity index is 1.94. The molecule has 0 aromatic carbocycles. The SMILES string of the molecule is C#CCOCCOCCOCCn1ccc(C(=O)O)n1. The van der Waals surface area contributed by atoms with Crippen LogP contribution >= 0.6 is 0 Å². The molecule has 0 amide bonds. The zero-order valence-corrected chi connectivity index (χ0v) is 11.2. The second-order valence-corrected chi connectivity index (χ2v) is 3.75. The molecule has 1 N–H and O–H groups in total. The van der Waals surface area contributed by atoms with E-state index in [-0.39, 0.29) is 5.69 Å². The van der Waals surface area contributed by atoms with Crippen molar-refractivity contribution in [1.82, 2.24) is 9.78 Å². The van der Waals surface area contributed by atoms with Gasteiger partial charge in [0, 0.05) is 6.20 Å². The lowest BCUT2D eigenvalue weighted by molar-refractivity contribution is 0.0182. The van der Waals surface area contributed by atoms with E-state index >= 15 is 0 Å². The van der Waals surface area contributed by atoms with E-state index in [1.807, 2.05) is 0 Å². The van der Waals surface area contributed by atoms with Crippen LogP contribution in [0.25, 0.3) is 0 Å². The Bertz CT molecular complexity index is 438. The fourth-order valence-corrected chi connectivity index (χ4v) is 1.33. The molecule has 0 bridgehead atoms. The number of carboxylic acids is 1. The third kappa shape index (κ3) is 6.89. The molecule has 0 unspecified atom stereocenters. The molecule has 0 atom stereocenters. The van der Waals surface area contributed by atoms with Gasteiger partial charge in [-0.3, -0.25) is 4.68 Å². The predicted octanol–water partition coefficient (Wildman–Crippen LogP) is 0.264. The highest BCUT2D eigenvalue weighted by Gasteiger charge is 2.05. The van der Waals surface area contributed by atoms with Gasteiger partial charge in [0.2, 0.25) is 0 Å². The number of carboxylic acid groups (broad SMARTS) is 1.